The van der Waals surface area contributed by atoms with Crippen LogP contribution in [0.15, 0.2) is 6.07 Å². The molecule has 0 unspecified atom stereocenters. The number of hydrogen-bond acceptors (Lipinski definition) is 5. The molecule has 0 aromatic carbocycles. The average molecular weight is 292 g/mol. The van der Waals surface area contributed by atoms with Gasteiger partial charge in [-0.15, -0.1) is 0 Å². The van der Waals surface area contributed by atoms with Crippen molar-refractivity contribution < 1.29 is 18.3 Å². The SMILES string of the molecule is CCNc1cc(NCCCCCO)nc(C(F)(F)F)n1. The molecule has 0 aliphatic heterocycles. The summed E-state index contributed by atoms with van der Waals surface area (Å²) in [6.07, 6.45) is -2.33. The predicted molar refractivity (Wildman–Crippen MR) is 70.6 cm³/mol. The summed E-state index contributed by atoms with van der Waals surface area (Å²) in [7, 11) is 0. The highest BCUT2D eigenvalue weighted by molar-refractivity contribution is 5.47. The van der Waals surface area contributed by atoms with Crippen LogP contribution < -0.4 is 10.6 Å². The van der Waals surface area contributed by atoms with Gasteiger partial charge >= 0.3 is 6.18 Å². The quantitative estimate of drug-likeness (QED) is 0.642. The molecule has 1 heterocycles. The van der Waals surface area contributed by atoms with E-state index in [-0.39, 0.29) is 18.2 Å². The molecule has 0 radical (unpaired) electrons. The number of nitrogens with zero attached hydrogens (tertiary/aromatic N) is 2. The van der Waals surface area contributed by atoms with Crippen LogP contribution in [0.3, 0.4) is 0 Å². The fourth-order valence-electron chi connectivity index (χ4n) is 1.57. The second kappa shape index (κ2) is 7.88. The van der Waals surface area contributed by atoms with E-state index in [2.05, 4.69) is 20.6 Å². The van der Waals surface area contributed by atoms with Crippen molar-refractivity contribution in [2.75, 3.05) is 30.3 Å². The van der Waals surface area contributed by atoms with E-state index in [4.69, 9.17) is 5.11 Å². The Morgan fingerprint density at radius 2 is 1.75 bits per heavy atom. The molecule has 1 aromatic heterocycles. The number of aromatic nitrogens is 2. The Balaban J connectivity index is 2.71. The molecule has 0 amide bonds. The molecule has 114 valence electrons. The standard InChI is InChI=1S/C12H19F3N4O/c1-2-16-9-8-10(17-6-4-3-5-7-20)19-11(18-9)12(13,14)15/h8,20H,2-7H2,1H3,(H2,16,17,18,19). The first-order chi connectivity index (χ1) is 9.47. The molecule has 0 saturated heterocycles. The summed E-state index contributed by atoms with van der Waals surface area (Å²) >= 11 is 0. The van der Waals surface area contributed by atoms with Gasteiger partial charge in [0.15, 0.2) is 0 Å². The molecule has 0 atom stereocenters. The molecule has 0 saturated carbocycles. The first-order valence-corrected chi connectivity index (χ1v) is 6.52. The number of nitrogens with one attached hydrogen (secondary N) is 2. The Morgan fingerprint density at radius 1 is 1.10 bits per heavy atom. The molecule has 0 aliphatic rings. The van der Waals surface area contributed by atoms with E-state index in [9.17, 15) is 13.2 Å². The van der Waals surface area contributed by atoms with E-state index in [1.165, 1.54) is 6.07 Å². The summed E-state index contributed by atoms with van der Waals surface area (Å²) in [5.41, 5.74) is 0. The van der Waals surface area contributed by atoms with Gasteiger partial charge in [-0.05, 0) is 26.2 Å². The van der Waals surface area contributed by atoms with Gasteiger partial charge in [0.1, 0.15) is 11.6 Å². The minimum absolute atomic E-state index is 0.121. The van der Waals surface area contributed by atoms with E-state index >= 15 is 0 Å². The summed E-state index contributed by atoms with van der Waals surface area (Å²) < 4.78 is 38.0. The van der Waals surface area contributed by atoms with Crippen LogP contribution in [0.5, 0.6) is 0 Å². The summed E-state index contributed by atoms with van der Waals surface area (Å²) in [4.78, 5) is 6.90. The van der Waals surface area contributed by atoms with Crippen molar-refractivity contribution in [1.82, 2.24) is 9.97 Å². The zero-order chi connectivity index (χ0) is 15.0. The highest BCUT2D eigenvalue weighted by Crippen LogP contribution is 2.28. The molecule has 3 N–H and O–H groups in total. The molecule has 1 rings (SSSR count). The van der Waals surface area contributed by atoms with Crippen molar-refractivity contribution in [3.05, 3.63) is 11.9 Å². The Hall–Kier alpha value is -1.57. The van der Waals surface area contributed by atoms with E-state index in [0.717, 1.165) is 12.8 Å². The van der Waals surface area contributed by atoms with Gasteiger partial charge in [0, 0.05) is 25.8 Å². The molecule has 0 fully saturated rings. The number of hydrogen-bond donors (Lipinski definition) is 3. The predicted octanol–water partition coefficient (Wildman–Crippen LogP) is 2.50. The van der Waals surface area contributed by atoms with Crippen LogP contribution >= 0.6 is 0 Å². The van der Waals surface area contributed by atoms with Crippen LogP contribution in [0.1, 0.15) is 32.0 Å². The van der Waals surface area contributed by atoms with Gasteiger partial charge in [-0.1, -0.05) is 0 Å². The Labute approximate surface area is 115 Å². The average Bonchev–Trinajstić information content (AvgIpc) is 2.38. The van der Waals surface area contributed by atoms with Crippen LogP contribution in [0.2, 0.25) is 0 Å². The minimum Gasteiger partial charge on any atom is -0.396 e. The number of rotatable bonds is 8. The third-order valence-electron chi connectivity index (χ3n) is 2.48. The van der Waals surface area contributed by atoms with Crippen molar-refractivity contribution in [3.63, 3.8) is 0 Å². The summed E-state index contributed by atoms with van der Waals surface area (Å²) in [5, 5.41) is 14.2. The fraction of sp³-hybridized carbons (Fsp3) is 0.667. The monoisotopic (exact) mass is 292 g/mol. The van der Waals surface area contributed by atoms with Crippen molar-refractivity contribution >= 4 is 11.6 Å². The van der Waals surface area contributed by atoms with E-state index in [1.54, 1.807) is 6.92 Å². The zero-order valence-electron chi connectivity index (χ0n) is 11.3. The molecule has 1 aromatic rings. The number of alkyl halides is 3. The molecule has 0 bridgehead atoms. The maximum Gasteiger partial charge on any atom is 0.451 e. The van der Waals surface area contributed by atoms with E-state index < -0.39 is 12.0 Å². The van der Waals surface area contributed by atoms with Gasteiger partial charge < -0.3 is 15.7 Å². The van der Waals surface area contributed by atoms with Gasteiger partial charge in [0.05, 0.1) is 0 Å². The third kappa shape index (κ3) is 5.60. The second-order valence-corrected chi connectivity index (χ2v) is 4.20. The normalized spacial score (nSPS) is 11.4. The highest BCUT2D eigenvalue weighted by atomic mass is 19.4. The Bertz CT molecular complexity index is 412. The second-order valence-electron chi connectivity index (χ2n) is 4.20. The lowest BCUT2D eigenvalue weighted by Gasteiger charge is -2.12. The lowest BCUT2D eigenvalue weighted by molar-refractivity contribution is -0.144. The smallest absolute Gasteiger partial charge is 0.396 e. The van der Waals surface area contributed by atoms with Crippen molar-refractivity contribution in [1.29, 1.82) is 0 Å². The third-order valence-corrected chi connectivity index (χ3v) is 2.48. The van der Waals surface area contributed by atoms with Gasteiger partial charge in [-0.2, -0.15) is 13.2 Å². The number of aliphatic hydroxyl groups excluding tert-OH is 1. The fourth-order valence-corrected chi connectivity index (χ4v) is 1.57. The number of aliphatic hydroxyl groups is 1. The highest BCUT2D eigenvalue weighted by Gasteiger charge is 2.35. The first-order valence-electron chi connectivity index (χ1n) is 6.52. The summed E-state index contributed by atoms with van der Waals surface area (Å²) in [5.74, 6) is -0.867. The van der Waals surface area contributed by atoms with Gasteiger partial charge in [0.25, 0.3) is 0 Å². The summed E-state index contributed by atoms with van der Waals surface area (Å²) in [6, 6.07) is 1.45. The molecule has 0 aliphatic carbocycles. The Kier molecular flexibility index (Phi) is 6.50. The van der Waals surface area contributed by atoms with Crippen LogP contribution in [-0.2, 0) is 6.18 Å². The maximum absolute atomic E-state index is 12.7. The van der Waals surface area contributed by atoms with Crippen LogP contribution in [0, 0.1) is 0 Å². The molecule has 5 nitrogen and oxygen atoms in total. The molecular weight excluding hydrogens is 273 g/mol. The molecule has 8 heteroatoms. The number of unbranched alkanes of at least 4 members (excludes halogenated alkanes) is 2. The van der Waals surface area contributed by atoms with Crippen molar-refractivity contribution in [2.24, 2.45) is 0 Å². The van der Waals surface area contributed by atoms with Gasteiger partial charge in [-0.25, -0.2) is 9.97 Å². The zero-order valence-corrected chi connectivity index (χ0v) is 11.3. The largest absolute Gasteiger partial charge is 0.451 e. The topological polar surface area (TPSA) is 70.1 Å². The van der Waals surface area contributed by atoms with Crippen LogP contribution in [0.4, 0.5) is 24.8 Å². The Morgan fingerprint density at radius 3 is 2.30 bits per heavy atom. The molecule has 20 heavy (non-hydrogen) atoms. The number of halogens is 3. The molecule has 0 spiro atoms. The van der Waals surface area contributed by atoms with E-state index in [1.807, 2.05) is 0 Å². The minimum atomic E-state index is -4.57. The van der Waals surface area contributed by atoms with Crippen molar-refractivity contribution in [2.45, 2.75) is 32.4 Å². The lowest BCUT2D eigenvalue weighted by atomic mass is 10.2. The van der Waals surface area contributed by atoms with E-state index in [0.29, 0.717) is 19.5 Å². The maximum atomic E-state index is 12.7. The lowest BCUT2D eigenvalue weighted by Crippen LogP contribution is -2.15. The first kappa shape index (κ1) is 16.5. The van der Waals surface area contributed by atoms with Gasteiger partial charge in [0.2, 0.25) is 5.82 Å². The van der Waals surface area contributed by atoms with Crippen LogP contribution in [-0.4, -0.2) is 34.8 Å². The summed E-state index contributed by atoms with van der Waals surface area (Å²) in [6.45, 7) is 2.87. The number of anilines is 2. The van der Waals surface area contributed by atoms with Crippen LogP contribution in [0.25, 0.3) is 0 Å². The van der Waals surface area contributed by atoms with Gasteiger partial charge in [-0.3, -0.25) is 0 Å². The van der Waals surface area contributed by atoms with Crippen molar-refractivity contribution in [3.8, 4) is 0 Å². The molecular formula is C12H19F3N4O.